The molecule has 1 amide bonds. The zero-order chi connectivity index (χ0) is 22.2. The van der Waals surface area contributed by atoms with E-state index in [1.54, 1.807) is 22.9 Å². The van der Waals surface area contributed by atoms with Crippen molar-refractivity contribution in [2.24, 2.45) is 5.92 Å². The molecule has 166 valence electrons. The van der Waals surface area contributed by atoms with E-state index in [0.29, 0.717) is 30.7 Å². The van der Waals surface area contributed by atoms with Gasteiger partial charge in [-0.1, -0.05) is 5.21 Å². The first-order valence-corrected chi connectivity index (χ1v) is 11.9. The van der Waals surface area contributed by atoms with Gasteiger partial charge in [-0.25, -0.2) is 13.1 Å². The average molecular weight is 446 g/mol. The number of amides is 1. The van der Waals surface area contributed by atoms with Gasteiger partial charge in [0.2, 0.25) is 15.9 Å². The largest absolute Gasteiger partial charge is 0.465 e. The van der Waals surface area contributed by atoms with Crippen LogP contribution in [0.25, 0.3) is 11.0 Å². The molecule has 31 heavy (non-hydrogen) atoms. The Morgan fingerprint density at radius 3 is 2.81 bits per heavy atom. The van der Waals surface area contributed by atoms with Gasteiger partial charge in [-0.15, -0.1) is 5.10 Å². The topological polar surface area (TPSA) is 110 Å². The Morgan fingerprint density at radius 2 is 2.10 bits per heavy atom. The van der Waals surface area contributed by atoms with Gasteiger partial charge in [0.15, 0.2) is 0 Å². The quantitative estimate of drug-likeness (QED) is 0.625. The van der Waals surface area contributed by atoms with Crippen LogP contribution in [0, 0.1) is 12.8 Å². The minimum atomic E-state index is -3.74. The first kappa shape index (κ1) is 21.5. The monoisotopic (exact) mass is 445 g/mol. The fourth-order valence-corrected chi connectivity index (χ4v) is 5.43. The van der Waals surface area contributed by atoms with Crippen LogP contribution < -0.4 is 5.32 Å². The number of piperidine rings is 1. The molecule has 0 saturated carbocycles. The number of aromatic nitrogens is 3. The number of carbonyl (C=O) groups excluding carboxylic acids is 1. The summed E-state index contributed by atoms with van der Waals surface area (Å²) in [5, 5.41) is 11.1. The Kier molecular flexibility index (Phi) is 5.85. The Bertz CT molecular complexity index is 1200. The lowest BCUT2D eigenvalue weighted by molar-refractivity contribution is -0.126. The van der Waals surface area contributed by atoms with Crippen molar-refractivity contribution in [1.82, 2.24) is 24.6 Å². The summed E-state index contributed by atoms with van der Waals surface area (Å²) in [4.78, 5) is 12.8. The van der Waals surface area contributed by atoms with Crippen molar-refractivity contribution in [3.63, 3.8) is 0 Å². The van der Waals surface area contributed by atoms with Gasteiger partial charge in [-0.3, -0.25) is 4.79 Å². The Labute approximate surface area is 181 Å². The minimum Gasteiger partial charge on any atom is -0.465 e. The molecule has 3 aromatic rings. The van der Waals surface area contributed by atoms with Crippen LogP contribution in [0.3, 0.4) is 0 Å². The van der Waals surface area contributed by atoms with Crippen molar-refractivity contribution in [3.8, 4) is 0 Å². The van der Waals surface area contributed by atoms with E-state index in [2.05, 4.69) is 15.6 Å². The number of benzene rings is 1. The minimum absolute atomic E-state index is 0.124. The average Bonchev–Trinajstić information content (AvgIpc) is 3.37. The molecule has 1 aromatic carbocycles. The van der Waals surface area contributed by atoms with Crippen LogP contribution in [0.4, 0.5) is 0 Å². The summed E-state index contributed by atoms with van der Waals surface area (Å²) in [5.74, 6) is 0.896. The third-order valence-corrected chi connectivity index (χ3v) is 7.42. The zero-order valence-corrected chi connectivity index (χ0v) is 18.7. The van der Waals surface area contributed by atoms with E-state index in [1.807, 2.05) is 32.9 Å². The standard InChI is InChI=1S/C21H27N5O4S/c1-14(2)26-20-9-8-18(11-19(20)23-24-26)31(28,29)25-10-4-5-16(13-25)21(27)22-12-17-7-6-15(3)30-17/h6-9,11,14,16H,4-5,10,12-13H2,1-3H3,(H,22,27). The van der Waals surface area contributed by atoms with Gasteiger partial charge >= 0.3 is 0 Å². The van der Waals surface area contributed by atoms with E-state index in [1.165, 1.54) is 4.31 Å². The Balaban J connectivity index is 1.47. The van der Waals surface area contributed by atoms with Gasteiger partial charge < -0.3 is 9.73 Å². The predicted octanol–water partition coefficient (Wildman–Crippen LogP) is 2.63. The summed E-state index contributed by atoms with van der Waals surface area (Å²) in [5.41, 5.74) is 1.33. The van der Waals surface area contributed by atoms with E-state index in [4.69, 9.17) is 4.42 Å². The number of nitrogens with zero attached hydrogens (tertiary/aromatic N) is 4. The predicted molar refractivity (Wildman–Crippen MR) is 115 cm³/mol. The molecule has 0 aliphatic carbocycles. The second-order valence-corrected chi connectivity index (χ2v) is 10.1. The van der Waals surface area contributed by atoms with Gasteiger partial charge in [0.1, 0.15) is 17.0 Å². The van der Waals surface area contributed by atoms with Crippen LogP contribution >= 0.6 is 0 Å². The van der Waals surface area contributed by atoms with Crippen molar-refractivity contribution < 1.29 is 17.6 Å². The summed E-state index contributed by atoms with van der Waals surface area (Å²) < 4.78 is 35.1. The highest BCUT2D eigenvalue weighted by atomic mass is 32.2. The molecule has 1 saturated heterocycles. The molecule has 2 aromatic heterocycles. The Hall–Kier alpha value is -2.72. The van der Waals surface area contributed by atoms with E-state index in [9.17, 15) is 13.2 Å². The zero-order valence-electron chi connectivity index (χ0n) is 17.9. The number of hydrogen-bond acceptors (Lipinski definition) is 6. The maximum absolute atomic E-state index is 13.2. The highest BCUT2D eigenvalue weighted by Crippen LogP contribution is 2.26. The number of aryl methyl sites for hydroxylation is 1. The molecule has 1 atom stereocenters. The molecule has 9 nitrogen and oxygen atoms in total. The van der Waals surface area contributed by atoms with Crippen molar-refractivity contribution in [2.75, 3.05) is 13.1 Å². The second-order valence-electron chi connectivity index (χ2n) is 8.21. The maximum Gasteiger partial charge on any atom is 0.243 e. The molecule has 1 unspecified atom stereocenters. The van der Waals surface area contributed by atoms with E-state index >= 15 is 0 Å². The first-order valence-electron chi connectivity index (χ1n) is 10.4. The fraction of sp³-hybridized carbons (Fsp3) is 0.476. The van der Waals surface area contributed by atoms with Crippen molar-refractivity contribution in [3.05, 3.63) is 41.9 Å². The van der Waals surface area contributed by atoms with Crippen LogP contribution in [0.2, 0.25) is 0 Å². The van der Waals surface area contributed by atoms with Gasteiger partial charge in [0.25, 0.3) is 0 Å². The molecule has 0 radical (unpaired) electrons. The van der Waals surface area contributed by atoms with Gasteiger partial charge in [-0.2, -0.15) is 4.31 Å². The number of fused-ring (bicyclic) bond motifs is 1. The van der Waals surface area contributed by atoms with E-state index in [0.717, 1.165) is 11.3 Å². The molecule has 1 aliphatic rings. The molecule has 10 heteroatoms. The summed E-state index contributed by atoms with van der Waals surface area (Å²) >= 11 is 0. The summed E-state index contributed by atoms with van der Waals surface area (Å²) in [6.07, 6.45) is 1.28. The van der Waals surface area contributed by atoms with Crippen LogP contribution in [0.1, 0.15) is 44.3 Å². The number of furan rings is 1. The lowest BCUT2D eigenvalue weighted by Crippen LogP contribution is -2.45. The van der Waals surface area contributed by atoms with Crippen LogP contribution in [0.15, 0.2) is 39.6 Å². The molecule has 1 N–H and O–H groups in total. The lowest BCUT2D eigenvalue weighted by Gasteiger charge is -2.31. The second kappa shape index (κ2) is 8.43. The molecule has 3 heterocycles. The van der Waals surface area contributed by atoms with Gasteiger partial charge in [0, 0.05) is 19.1 Å². The fourth-order valence-electron chi connectivity index (χ4n) is 3.89. The normalized spacial score (nSPS) is 18.0. The molecule has 0 bridgehead atoms. The number of nitrogens with one attached hydrogen (secondary N) is 1. The highest BCUT2D eigenvalue weighted by Gasteiger charge is 2.33. The smallest absolute Gasteiger partial charge is 0.243 e. The molecular formula is C21H27N5O4S. The molecular weight excluding hydrogens is 418 g/mol. The first-order chi connectivity index (χ1) is 14.8. The number of rotatable bonds is 6. The Morgan fingerprint density at radius 1 is 1.29 bits per heavy atom. The van der Waals surface area contributed by atoms with Crippen molar-refractivity contribution in [2.45, 2.75) is 51.1 Å². The number of carbonyl (C=O) groups is 1. The van der Waals surface area contributed by atoms with Crippen LogP contribution in [-0.4, -0.2) is 46.7 Å². The molecule has 1 fully saturated rings. The summed E-state index contributed by atoms with van der Waals surface area (Å²) in [7, 11) is -3.74. The van der Waals surface area contributed by atoms with Crippen LogP contribution in [0.5, 0.6) is 0 Å². The molecule has 0 spiro atoms. The maximum atomic E-state index is 13.2. The van der Waals surface area contributed by atoms with E-state index < -0.39 is 15.9 Å². The third-order valence-electron chi connectivity index (χ3n) is 5.56. The van der Waals surface area contributed by atoms with Gasteiger partial charge in [0.05, 0.1) is 22.9 Å². The van der Waals surface area contributed by atoms with E-state index in [-0.39, 0.29) is 29.9 Å². The SMILES string of the molecule is Cc1ccc(CNC(=O)C2CCCN(S(=O)(=O)c3ccc4c(c3)nnn4C(C)C)C2)o1. The number of sulfonamides is 1. The third kappa shape index (κ3) is 4.35. The molecule has 1 aliphatic heterocycles. The number of hydrogen-bond donors (Lipinski definition) is 1. The summed E-state index contributed by atoms with van der Waals surface area (Å²) in [6, 6.07) is 8.66. The summed E-state index contributed by atoms with van der Waals surface area (Å²) in [6.45, 7) is 6.66. The van der Waals surface area contributed by atoms with Crippen LogP contribution in [-0.2, 0) is 21.4 Å². The van der Waals surface area contributed by atoms with Crippen molar-refractivity contribution in [1.29, 1.82) is 0 Å². The van der Waals surface area contributed by atoms with Gasteiger partial charge in [-0.05, 0) is 63.9 Å². The van der Waals surface area contributed by atoms with Crippen molar-refractivity contribution >= 4 is 27.0 Å². The highest BCUT2D eigenvalue weighted by molar-refractivity contribution is 7.89. The molecule has 4 rings (SSSR count). The lowest BCUT2D eigenvalue weighted by atomic mass is 9.99.